The SMILES string of the molecule is CCNC(=NCCCCOCCOC)N1CCC(CN(CC)C(=O)OC(C)(C)C)CC1.I. The lowest BCUT2D eigenvalue weighted by Crippen LogP contribution is -2.48. The molecule has 0 aromatic heterocycles. The minimum atomic E-state index is -0.457. The quantitative estimate of drug-likeness (QED) is 0.166. The van der Waals surface area contributed by atoms with E-state index < -0.39 is 5.60 Å². The number of likely N-dealkylation sites (tertiary alicyclic amines) is 1. The van der Waals surface area contributed by atoms with Gasteiger partial charge in [0, 0.05) is 53.0 Å². The van der Waals surface area contributed by atoms with E-state index in [1.807, 2.05) is 32.6 Å². The minimum absolute atomic E-state index is 0. The molecule has 1 fully saturated rings. The molecule has 1 rings (SSSR count). The van der Waals surface area contributed by atoms with E-state index in [0.29, 0.717) is 25.7 Å². The summed E-state index contributed by atoms with van der Waals surface area (Å²) in [5, 5.41) is 3.43. The monoisotopic (exact) mass is 570 g/mol. The van der Waals surface area contributed by atoms with Crippen molar-refractivity contribution >= 4 is 36.0 Å². The molecule has 0 spiro atoms. The molecule has 190 valence electrons. The summed E-state index contributed by atoms with van der Waals surface area (Å²) in [5.41, 5.74) is -0.457. The van der Waals surface area contributed by atoms with E-state index in [0.717, 1.165) is 71.0 Å². The Bertz CT molecular complexity index is 521. The van der Waals surface area contributed by atoms with Crippen LogP contribution < -0.4 is 5.32 Å². The summed E-state index contributed by atoms with van der Waals surface area (Å²) in [5.74, 6) is 1.50. The lowest BCUT2D eigenvalue weighted by molar-refractivity contribution is 0.0214. The summed E-state index contributed by atoms with van der Waals surface area (Å²) in [6.07, 6.45) is 3.92. The molecule has 1 heterocycles. The number of carbonyl (C=O) groups is 1. The number of nitrogens with zero attached hydrogens (tertiary/aromatic N) is 3. The van der Waals surface area contributed by atoms with Crippen LogP contribution in [0.4, 0.5) is 4.79 Å². The zero-order valence-electron chi connectivity index (χ0n) is 21.2. The second kappa shape index (κ2) is 17.6. The van der Waals surface area contributed by atoms with Gasteiger partial charge in [-0.2, -0.15) is 0 Å². The van der Waals surface area contributed by atoms with Gasteiger partial charge in [0.15, 0.2) is 5.96 Å². The Morgan fingerprint density at radius 3 is 2.38 bits per heavy atom. The van der Waals surface area contributed by atoms with E-state index in [4.69, 9.17) is 19.2 Å². The maximum Gasteiger partial charge on any atom is 0.410 e. The molecule has 0 saturated carbocycles. The Labute approximate surface area is 212 Å². The summed E-state index contributed by atoms with van der Waals surface area (Å²) >= 11 is 0. The van der Waals surface area contributed by atoms with Crippen LogP contribution in [0.25, 0.3) is 0 Å². The molecule has 0 atom stereocenters. The summed E-state index contributed by atoms with van der Waals surface area (Å²) < 4.78 is 16.0. The van der Waals surface area contributed by atoms with E-state index >= 15 is 0 Å². The first kappa shape index (κ1) is 31.2. The Morgan fingerprint density at radius 2 is 1.81 bits per heavy atom. The van der Waals surface area contributed by atoms with Crippen molar-refractivity contribution in [1.82, 2.24) is 15.1 Å². The van der Waals surface area contributed by atoms with Gasteiger partial charge in [-0.05, 0) is 66.2 Å². The van der Waals surface area contributed by atoms with Crippen LogP contribution >= 0.6 is 24.0 Å². The summed E-state index contributed by atoms with van der Waals surface area (Å²) in [6, 6.07) is 0. The van der Waals surface area contributed by atoms with Crippen molar-refractivity contribution in [3.63, 3.8) is 0 Å². The molecule has 0 bridgehead atoms. The first-order valence-corrected chi connectivity index (χ1v) is 11.9. The van der Waals surface area contributed by atoms with Gasteiger partial charge in [-0.3, -0.25) is 4.99 Å². The second-order valence-electron chi connectivity index (χ2n) is 9.00. The van der Waals surface area contributed by atoms with Crippen LogP contribution in [0.2, 0.25) is 0 Å². The highest BCUT2D eigenvalue weighted by molar-refractivity contribution is 14.0. The Kier molecular flexibility index (Phi) is 17.2. The normalized spacial score (nSPS) is 15.3. The number of hydrogen-bond donors (Lipinski definition) is 1. The zero-order valence-corrected chi connectivity index (χ0v) is 23.5. The van der Waals surface area contributed by atoms with E-state index in [9.17, 15) is 4.79 Å². The Hall–Kier alpha value is -0.810. The van der Waals surface area contributed by atoms with Gasteiger partial charge in [0.1, 0.15) is 5.60 Å². The standard InChI is InChI=1S/C23H46N4O4.HI/c1-7-24-21(25-13-9-10-16-30-18-17-29-6)27-14-11-20(12-15-27)19-26(8-2)22(28)31-23(3,4)5;/h20H,7-19H2,1-6H3,(H,24,25);1H. The van der Waals surface area contributed by atoms with Gasteiger partial charge < -0.3 is 29.3 Å². The van der Waals surface area contributed by atoms with E-state index in [1.54, 1.807) is 7.11 Å². The molecule has 1 saturated heterocycles. The number of amides is 1. The summed E-state index contributed by atoms with van der Waals surface area (Å²) in [7, 11) is 1.68. The van der Waals surface area contributed by atoms with Crippen LogP contribution in [0.15, 0.2) is 4.99 Å². The molecule has 0 radical (unpaired) electrons. The molecule has 1 N–H and O–H groups in total. The maximum absolute atomic E-state index is 12.4. The van der Waals surface area contributed by atoms with Crippen LogP contribution in [0.1, 0.15) is 60.3 Å². The third-order valence-corrected chi connectivity index (χ3v) is 5.15. The van der Waals surface area contributed by atoms with Crippen LogP contribution in [0.3, 0.4) is 0 Å². The van der Waals surface area contributed by atoms with Crippen molar-refractivity contribution in [2.75, 3.05) is 66.2 Å². The fraction of sp³-hybridized carbons (Fsp3) is 0.913. The van der Waals surface area contributed by atoms with Gasteiger partial charge in [-0.15, -0.1) is 24.0 Å². The maximum atomic E-state index is 12.4. The largest absolute Gasteiger partial charge is 0.444 e. The van der Waals surface area contributed by atoms with Crippen molar-refractivity contribution in [2.45, 2.75) is 65.9 Å². The third kappa shape index (κ3) is 13.7. The molecule has 1 aliphatic heterocycles. The molecule has 0 aliphatic carbocycles. The number of guanidine groups is 1. The fourth-order valence-electron chi connectivity index (χ4n) is 3.47. The number of unbranched alkanes of at least 4 members (excludes halogenated alkanes) is 1. The summed E-state index contributed by atoms with van der Waals surface area (Å²) in [4.78, 5) is 21.4. The fourth-order valence-corrected chi connectivity index (χ4v) is 3.47. The number of methoxy groups -OCH3 is 1. The van der Waals surface area contributed by atoms with Crippen molar-refractivity contribution in [2.24, 2.45) is 10.9 Å². The lowest BCUT2D eigenvalue weighted by atomic mass is 9.96. The van der Waals surface area contributed by atoms with Gasteiger partial charge in [0.2, 0.25) is 0 Å². The number of halogens is 1. The number of carbonyl (C=O) groups excluding carboxylic acids is 1. The lowest BCUT2D eigenvalue weighted by Gasteiger charge is -2.36. The van der Waals surface area contributed by atoms with E-state index in [1.165, 1.54) is 0 Å². The molecule has 0 aromatic carbocycles. The molecular weight excluding hydrogens is 523 g/mol. The Balaban J connectivity index is 0.00000961. The highest BCUT2D eigenvalue weighted by atomic mass is 127. The Morgan fingerprint density at radius 1 is 1.12 bits per heavy atom. The first-order chi connectivity index (χ1) is 14.8. The van der Waals surface area contributed by atoms with Crippen molar-refractivity contribution in [3.8, 4) is 0 Å². The molecular formula is C23H47IN4O4. The number of piperidine rings is 1. The van der Waals surface area contributed by atoms with Gasteiger partial charge in [0.25, 0.3) is 0 Å². The molecule has 32 heavy (non-hydrogen) atoms. The number of nitrogens with one attached hydrogen (secondary N) is 1. The highest BCUT2D eigenvalue weighted by Gasteiger charge is 2.27. The smallest absolute Gasteiger partial charge is 0.410 e. The first-order valence-electron chi connectivity index (χ1n) is 11.9. The predicted molar refractivity (Wildman–Crippen MR) is 141 cm³/mol. The number of hydrogen-bond acceptors (Lipinski definition) is 5. The number of aliphatic imine (C=N–C) groups is 1. The topological polar surface area (TPSA) is 75.6 Å². The minimum Gasteiger partial charge on any atom is -0.444 e. The molecule has 0 aromatic rings. The molecule has 8 nitrogen and oxygen atoms in total. The summed E-state index contributed by atoms with van der Waals surface area (Å²) in [6.45, 7) is 16.9. The van der Waals surface area contributed by atoms with Crippen molar-refractivity contribution in [3.05, 3.63) is 0 Å². The molecule has 1 aliphatic rings. The average Bonchev–Trinajstić information content (AvgIpc) is 2.72. The zero-order chi connectivity index (χ0) is 23.1. The third-order valence-electron chi connectivity index (χ3n) is 5.15. The second-order valence-corrected chi connectivity index (χ2v) is 9.00. The van der Waals surface area contributed by atoms with Crippen LogP contribution in [0.5, 0.6) is 0 Å². The van der Waals surface area contributed by atoms with E-state index in [2.05, 4.69) is 17.1 Å². The van der Waals surface area contributed by atoms with E-state index in [-0.39, 0.29) is 30.1 Å². The molecule has 0 unspecified atom stereocenters. The highest BCUT2D eigenvalue weighted by Crippen LogP contribution is 2.20. The molecule has 9 heteroatoms. The van der Waals surface area contributed by atoms with Gasteiger partial charge in [-0.1, -0.05) is 0 Å². The number of rotatable bonds is 12. The van der Waals surface area contributed by atoms with Crippen LogP contribution in [-0.2, 0) is 14.2 Å². The van der Waals surface area contributed by atoms with Gasteiger partial charge >= 0.3 is 6.09 Å². The van der Waals surface area contributed by atoms with Gasteiger partial charge in [-0.25, -0.2) is 4.79 Å². The molecule has 1 amide bonds. The van der Waals surface area contributed by atoms with Crippen molar-refractivity contribution < 1.29 is 19.0 Å². The predicted octanol–water partition coefficient (Wildman–Crippen LogP) is 3.98. The van der Waals surface area contributed by atoms with Crippen LogP contribution in [0, 0.1) is 5.92 Å². The van der Waals surface area contributed by atoms with Gasteiger partial charge in [0.05, 0.1) is 13.2 Å². The average molecular weight is 571 g/mol. The van der Waals surface area contributed by atoms with Crippen molar-refractivity contribution in [1.29, 1.82) is 0 Å². The number of ether oxygens (including phenoxy) is 3. The van der Waals surface area contributed by atoms with Crippen LogP contribution in [-0.4, -0.2) is 93.7 Å².